The SMILES string of the molecule is COc1cc(N)c(C=N)cc1Nc1ncnc2sc3c(c12)CC[C@H](C(=O)O)C3. The van der Waals surface area contributed by atoms with Crippen LogP contribution in [-0.4, -0.2) is 34.4 Å². The molecule has 0 saturated carbocycles. The number of aromatic nitrogens is 2. The number of hydrogen-bond donors (Lipinski definition) is 4. The van der Waals surface area contributed by atoms with Gasteiger partial charge >= 0.3 is 5.97 Å². The lowest BCUT2D eigenvalue weighted by Crippen LogP contribution is -2.21. The van der Waals surface area contributed by atoms with Gasteiger partial charge in [-0.1, -0.05) is 0 Å². The first kappa shape index (κ1) is 18.2. The van der Waals surface area contributed by atoms with Crippen molar-refractivity contribution in [3.8, 4) is 5.75 Å². The minimum atomic E-state index is -0.752. The van der Waals surface area contributed by atoms with Crippen LogP contribution in [0.3, 0.4) is 0 Å². The van der Waals surface area contributed by atoms with Crippen LogP contribution in [0.5, 0.6) is 5.75 Å². The number of aryl methyl sites for hydroxylation is 1. The van der Waals surface area contributed by atoms with Crippen molar-refractivity contribution in [2.75, 3.05) is 18.2 Å². The van der Waals surface area contributed by atoms with Gasteiger partial charge in [0.25, 0.3) is 0 Å². The van der Waals surface area contributed by atoms with Crippen molar-refractivity contribution in [3.63, 3.8) is 0 Å². The van der Waals surface area contributed by atoms with Gasteiger partial charge in [0.1, 0.15) is 22.7 Å². The first-order valence-corrected chi connectivity index (χ1v) is 9.56. The molecule has 0 amide bonds. The van der Waals surface area contributed by atoms with Gasteiger partial charge in [-0.3, -0.25) is 4.79 Å². The van der Waals surface area contributed by atoms with Gasteiger partial charge in [-0.25, -0.2) is 9.97 Å². The van der Waals surface area contributed by atoms with E-state index in [0.717, 1.165) is 20.7 Å². The fourth-order valence-corrected chi connectivity index (χ4v) is 4.81. The van der Waals surface area contributed by atoms with Gasteiger partial charge in [-0.05, 0) is 30.9 Å². The number of carboxylic acids is 1. The van der Waals surface area contributed by atoms with Crippen molar-refractivity contribution in [2.24, 2.45) is 5.92 Å². The molecule has 2 heterocycles. The number of nitrogens with two attached hydrogens (primary N) is 1. The Morgan fingerprint density at radius 2 is 2.29 bits per heavy atom. The number of hydrogen-bond acceptors (Lipinski definition) is 8. The molecule has 5 N–H and O–H groups in total. The lowest BCUT2D eigenvalue weighted by molar-refractivity contribution is -0.142. The van der Waals surface area contributed by atoms with E-state index in [9.17, 15) is 9.90 Å². The fraction of sp³-hybridized carbons (Fsp3) is 0.263. The van der Waals surface area contributed by atoms with Crippen LogP contribution in [-0.2, 0) is 17.6 Å². The fourth-order valence-electron chi connectivity index (χ4n) is 3.55. The Labute approximate surface area is 164 Å². The van der Waals surface area contributed by atoms with Crippen molar-refractivity contribution in [3.05, 3.63) is 34.5 Å². The van der Waals surface area contributed by atoms with Crippen LogP contribution in [0.15, 0.2) is 18.5 Å². The lowest BCUT2D eigenvalue weighted by Gasteiger charge is -2.19. The second kappa shape index (κ2) is 7.08. The highest BCUT2D eigenvalue weighted by molar-refractivity contribution is 7.19. The molecule has 144 valence electrons. The minimum Gasteiger partial charge on any atom is -0.494 e. The first-order valence-electron chi connectivity index (χ1n) is 8.74. The Hall–Kier alpha value is -3.20. The first-order chi connectivity index (χ1) is 13.5. The largest absolute Gasteiger partial charge is 0.494 e. The quantitative estimate of drug-likeness (QED) is 0.383. The maximum absolute atomic E-state index is 11.4. The van der Waals surface area contributed by atoms with Crippen LogP contribution in [0.4, 0.5) is 17.2 Å². The molecule has 1 atom stereocenters. The van der Waals surface area contributed by atoms with E-state index in [1.807, 2.05) is 0 Å². The molecule has 0 fully saturated rings. The van der Waals surface area contributed by atoms with Gasteiger partial charge in [-0.2, -0.15) is 0 Å². The van der Waals surface area contributed by atoms with Crippen LogP contribution < -0.4 is 15.8 Å². The molecule has 28 heavy (non-hydrogen) atoms. The van der Waals surface area contributed by atoms with Crippen LogP contribution in [0, 0.1) is 11.3 Å². The van der Waals surface area contributed by atoms with Crippen molar-refractivity contribution in [2.45, 2.75) is 19.3 Å². The number of thiophene rings is 1. The lowest BCUT2D eigenvalue weighted by atomic mass is 9.88. The topological polar surface area (TPSA) is 134 Å². The molecule has 0 radical (unpaired) electrons. The number of fused-ring (bicyclic) bond motifs is 3. The molecule has 0 bridgehead atoms. The second-order valence-electron chi connectivity index (χ2n) is 6.63. The van der Waals surface area contributed by atoms with E-state index in [-0.39, 0.29) is 5.92 Å². The molecule has 3 aromatic rings. The monoisotopic (exact) mass is 397 g/mol. The zero-order chi connectivity index (χ0) is 19.8. The minimum absolute atomic E-state index is 0.350. The van der Waals surface area contributed by atoms with E-state index in [1.54, 1.807) is 19.2 Å². The molecule has 1 aliphatic carbocycles. The molecule has 2 aromatic heterocycles. The zero-order valence-electron chi connectivity index (χ0n) is 15.2. The predicted molar refractivity (Wildman–Crippen MR) is 109 cm³/mol. The maximum Gasteiger partial charge on any atom is 0.306 e. The average Bonchev–Trinajstić information content (AvgIpc) is 3.07. The summed E-state index contributed by atoms with van der Waals surface area (Å²) in [5.74, 6) is 0.0794. The Morgan fingerprint density at radius 3 is 3.00 bits per heavy atom. The van der Waals surface area contributed by atoms with Crippen LogP contribution >= 0.6 is 11.3 Å². The normalized spacial score (nSPS) is 15.8. The number of carbonyl (C=O) groups is 1. The van der Waals surface area contributed by atoms with Gasteiger partial charge < -0.3 is 26.3 Å². The van der Waals surface area contributed by atoms with E-state index < -0.39 is 5.97 Å². The van der Waals surface area contributed by atoms with Gasteiger partial charge in [0, 0.05) is 28.4 Å². The number of aliphatic carboxylic acids is 1. The summed E-state index contributed by atoms with van der Waals surface area (Å²) in [4.78, 5) is 22.0. The average molecular weight is 397 g/mol. The summed E-state index contributed by atoms with van der Waals surface area (Å²) < 4.78 is 5.42. The number of methoxy groups -OCH3 is 1. The number of nitrogens with one attached hydrogen (secondary N) is 2. The number of anilines is 3. The Bertz CT molecular complexity index is 1090. The van der Waals surface area contributed by atoms with Crippen molar-refractivity contribution >= 4 is 50.9 Å². The third-order valence-electron chi connectivity index (χ3n) is 5.01. The molecule has 1 aliphatic rings. The summed E-state index contributed by atoms with van der Waals surface area (Å²) in [5, 5.41) is 21.1. The molecule has 0 saturated heterocycles. The molecule has 0 spiro atoms. The highest BCUT2D eigenvalue weighted by atomic mass is 32.1. The number of ether oxygens (including phenoxy) is 1. The number of nitrogen functional groups attached to an aromatic ring is 1. The molecule has 9 heteroatoms. The Morgan fingerprint density at radius 1 is 1.46 bits per heavy atom. The standard InChI is InChI=1S/C19H19N5O3S/c1-27-14-6-12(21)10(7-20)4-13(14)24-17-16-11-3-2-9(19(25)26)5-15(11)28-18(16)23-8-22-17/h4,6-9,20H,2-3,5,21H2,1H3,(H,25,26)(H,22,23,24)/t9-/m0/s1. The third kappa shape index (κ3) is 3.03. The highest BCUT2D eigenvalue weighted by Gasteiger charge is 2.29. The summed E-state index contributed by atoms with van der Waals surface area (Å²) in [7, 11) is 1.55. The van der Waals surface area contributed by atoms with Crippen molar-refractivity contribution in [1.29, 1.82) is 5.41 Å². The van der Waals surface area contributed by atoms with E-state index in [1.165, 1.54) is 23.9 Å². The molecule has 1 aromatic carbocycles. The van der Waals surface area contributed by atoms with Gasteiger partial charge in [0.05, 0.1) is 24.1 Å². The Kier molecular flexibility index (Phi) is 4.60. The number of rotatable bonds is 5. The molecule has 8 nitrogen and oxygen atoms in total. The summed E-state index contributed by atoms with van der Waals surface area (Å²) in [6, 6.07) is 3.41. The van der Waals surface area contributed by atoms with Crippen molar-refractivity contribution in [1.82, 2.24) is 9.97 Å². The molecular formula is C19H19N5O3S. The predicted octanol–water partition coefficient (Wildman–Crippen LogP) is 3.21. The van der Waals surface area contributed by atoms with Crippen LogP contribution in [0.1, 0.15) is 22.4 Å². The molecular weight excluding hydrogens is 378 g/mol. The number of carboxylic acid groups (broad SMARTS) is 1. The van der Waals surface area contributed by atoms with Crippen LogP contribution in [0.2, 0.25) is 0 Å². The highest BCUT2D eigenvalue weighted by Crippen LogP contribution is 2.41. The second-order valence-corrected chi connectivity index (χ2v) is 7.72. The van der Waals surface area contributed by atoms with E-state index in [2.05, 4.69) is 15.3 Å². The summed E-state index contributed by atoms with van der Waals surface area (Å²) >= 11 is 1.52. The van der Waals surface area contributed by atoms with Gasteiger partial charge in [0.2, 0.25) is 0 Å². The molecule has 4 rings (SSSR count). The summed E-state index contributed by atoms with van der Waals surface area (Å²) in [5.41, 5.74) is 8.73. The molecule has 0 aliphatic heterocycles. The van der Waals surface area contributed by atoms with E-state index in [0.29, 0.717) is 47.8 Å². The van der Waals surface area contributed by atoms with E-state index >= 15 is 0 Å². The van der Waals surface area contributed by atoms with E-state index in [4.69, 9.17) is 15.9 Å². The van der Waals surface area contributed by atoms with Gasteiger partial charge in [0.15, 0.2) is 0 Å². The summed E-state index contributed by atoms with van der Waals surface area (Å²) in [6.45, 7) is 0. The smallest absolute Gasteiger partial charge is 0.306 e. The molecule has 0 unspecified atom stereocenters. The maximum atomic E-state index is 11.4. The van der Waals surface area contributed by atoms with Crippen LogP contribution in [0.25, 0.3) is 10.2 Å². The number of benzene rings is 1. The van der Waals surface area contributed by atoms with Gasteiger partial charge in [-0.15, -0.1) is 11.3 Å². The number of nitrogens with zero attached hydrogens (tertiary/aromatic N) is 2. The summed E-state index contributed by atoms with van der Waals surface area (Å²) in [6.07, 6.45) is 4.48. The zero-order valence-corrected chi connectivity index (χ0v) is 16.0. The Balaban J connectivity index is 1.79. The van der Waals surface area contributed by atoms with Crippen molar-refractivity contribution < 1.29 is 14.6 Å². The third-order valence-corrected chi connectivity index (χ3v) is 6.17.